The van der Waals surface area contributed by atoms with E-state index in [0.717, 1.165) is 29.1 Å². The maximum atomic E-state index is 4.41. The van der Waals surface area contributed by atoms with E-state index in [0.29, 0.717) is 6.04 Å². The Kier molecular flexibility index (Phi) is 5.59. The van der Waals surface area contributed by atoms with Gasteiger partial charge in [-0.05, 0) is 34.7 Å². The summed E-state index contributed by atoms with van der Waals surface area (Å²) in [5.41, 5.74) is 0.191. The van der Waals surface area contributed by atoms with Gasteiger partial charge < -0.3 is 10.2 Å². The van der Waals surface area contributed by atoms with Gasteiger partial charge in [0.05, 0.1) is 0 Å². The van der Waals surface area contributed by atoms with Crippen LogP contribution in [0.5, 0.6) is 0 Å². The van der Waals surface area contributed by atoms with Gasteiger partial charge >= 0.3 is 0 Å². The number of nitrogens with zero attached hydrogens (tertiary/aromatic N) is 3. The van der Waals surface area contributed by atoms with E-state index in [-0.39, 0.29) is 5.41 Å². The van der Waals surface area contributed by atoms with Crippen molar-refractivity contribution in [1.29, 1.82) is 0 Å². The third kappa shape index (κ3) is 4.06. The maximum absolute atomic E-state index is 4.41. The number of hydrogen-bond donors (Lipinski definition) is 1. The molecule has 0 aromatic carbocycles. The quantitative estimate of drug-likeness (QED) is 0.889. The van der Waals surface area contributed by atoms with E-state index in [2.05, 4.69) is 77.8 Å². The molecular formula is C14H25BrN4. The van der Waals surface area contributed by atoms with Crippen molar-refractivity contribution in [2.75, 3.05) is 23.8 Å². The van der Waals surface area contributed by atoms with Crippen molar-refractivity contribution in [1.82, 2.24) is 9.97 Å². The second kappa shape index (κ2) is 6.55. The second-order valence-corrected chi connectivity index (χ2v) is 6.73. The lowest BCUT2D eigenvalue weighted by atomic mass is 9.87. The van der Waals surface area contributed by atoms with Gasteiger partial charge in [0.25, 0.3) is 0 Å². The molecule has 0 spiro atoms. The summed E-state index contributed by atoms with van der Waals surface area (Å²) in [5.74, 6) is 1.79. The van der Waals surface area contributed by atoms with Crippen LogP contribution < -0.4 is 10.2 Å². The molecule has 5 heteroatoms. The molecule has 1 aromatic rings. The molecule has 108 valence electrons. The summed E-state index contributed by atoms with van der Waals surface area (Å²) in [4.78, 5) is 10.9. The van der Waals surface area contributed by atoms with E-state index in [1.165, 1.54) is 0 Å². The molecule has 1 rings (SSSR count). The Balaban J connectivity index is 3.00. The Morgan fingerprint density at radius 1 is 1.37 bits per heavy atom. The summed E-state index contributed by atoms with van der Waals surface area (Å²) in [6, 6.07) is 0.373. The van der Waals surface area contributed by atoms with Gasteiger partial charge in [-0.1, -0.05) is 27.7 Å². The summed E-state index contributed by atoms with van der Waals surface area (Å²) >= 11 is 3.62. The molecule has 0 aliphatic rings. The van der Waals surface area contributed by atoms with Crippen molar-refractivity contribution in [3.8, 4) is 0 Å². The van der Waals surface area contributed by atoms with Crippen LogP contribution in [0.15, 0.2) is 10.8 Å². The van der Waals surface area contributed by atoms with Gasteiger partial charge in [-0.15, -0.1) is 0 Å². The Hall–Kier alpha value is -0.840. The minimum Gasteiger partial charge on any atom is -0.369 e. The molecule has 1 N–H and O–H groups in total. The lowest BCUT2D eigenvalue weighted by Gasteiger charge is -2.36. The van der Waals surface area contributed by atoms with E-state index < -0.39 is 0 Å². The first kappa shape index (κ1) is 16.2. The molecule has 19 heavy (non-hydrogen) atoms. The van der Waals surface area contributed by atoms with Crippen LogP contribution >= 0.6 is 15.9 Å². The van der Waals surface area contributed by atoms with Crippen molar-refractivity contribution in [3.05, 3.63) is 10.8 Å². The molecule has 1 heterocycles. The van der Waals surface area contributed by atoms with Crippen LogP contribution in [0.1, 0.15) is 41.0 Å². The molecule has 0 fully saturated rings. The summed E-state index contributed by atoms with van der Waals surface area (Å²) < 4.78 is 0.932. The van der Waals surface area contributed by atoms with Crippen molar-refractivity contribution in [3.63, 3.8) is 0 Å². The van der Waals surface area contributed by atoms with E-state index in [4.69, 9.17) is 0 Å². The molecule has 0 aliphatic heterocycles. The molecule has 1 aromatic heterocycles. The molecule has 1 unspecified atom stereocenters. The monoisotopic (exact) mass is 328 g/mol. The van der Waals surface area contributed by atoms with E-state index >= 15 is 0 Å². The standard InChI is InChI=1S/C14H25BrN4/c1-7-8-16-12-11(15)13(18-9-17-12)19(6)10(2)14(3,4)5/h9-10H,7-8H2,1-6H3,(H,16,17,18). The summed E-state index contributed by atoms with van der Waals surface area (Å²) in [6.07, 6.45) is 2.68. The highest BCUT2D eigenvalue weighted by Gasteiger charge is 2.26. The van der Waals surface area contributed by atoms with E-state index in [9.17, 15) is 0 Å². The summed E-state index contributed by atoms with van der Waals surface area (Å²) in [7, 11) is 2.08. The second-order valence-electron chi connectivity index (χ2n) is 5.94. The highest BCUT2D eigenvalue weighted by molar-refractivity contribution is 9.10. The van der Waals surface area contributed by atoms with Crippen LogP contribution in [-0.2, 0) is 0 Å². The molecule has 0 aliphatic carbocycles. The first-order valence-corrected chi connectivity index (χ1v) is 7.55. The normalized spacial score (nSPS) is 13.2. The molecular weight excluding hydrogens is 304 g/mol. The van der Waals surface area contributed by atoms with Crippen molar-refractivity contribution >= 4 is 27.6 Å². The SMILES string of the molecule is CCCNc1ncnc(N(C)C(C)C(C)(C)C)c1Br. The predicted octanol–water partition coefficient (Wildman–Crippen LogP) is 3.93. The van der Waals surface area contributed by atoms with Crippen LogP contribution in [-0.4, -0.2) is 29.6 Å². The minimum atomic E-state index is 0.191. The lowest BCUT2D eigenvalue weighted by molar-refractivity contribution is 0.328. The predicted molar refractivity (Wildman–Crippen MR) is 85.8 cm³/mol. The average molecular weight is 329 g/mol. The molecule has 1 atom stereocenters. The zero-order valence-electron chi connectivity index (χ0n) is 12.8. The molecule has 0 saturated carbocycles. The third-order valence-electron chi connectivity index (χ3n) is 3.48. The van der Waals surface area contributed by atoms with Crippen LogP contribution in [0.4, 0.5) is 11.6 Å². The fourth-order valence-corrected chi connectivity index (χ4v) is 2.36. The number of hydrogen-bond acceptors (Lipinski definition) is 4. The van der Waals surface area contributed by atoms with Crippen LogP contribution in [0.3, 0.4) is 0 Å². The minimum absolute atomic E-state index is 0.191. The molecule has 0 radical (unpaired) electrons. The first-order valence-electron chi connectivity index (χ1n) is 6.76. The Morgan fingerprint density at radius 3 is 2.53 bits per heavy atom. The van der Waals surface area contributed by atoms with Crippen molar-refractivity contribution < 1.29 is 0 Å². The average Bonchev–Trinajstić information content (AvgIpc) is 2.35. The number of halogens is 1. The van der Waals surface area contributed by atoms with Crippen LogP contribution in [0.25, 0.3) is 0 Å². The van der Waals surface area contributed by atoms with Gasteiger partial charge in [0.2, 0.25) is 0 Å². The topological polar surface area (TPSA) is 41.1 Å². The first-order chi connectivity index (χ1) is 8.79. The van der Waals surface area contributed by atoms with Gasteiger partial charge in [0, 0.05) is 19.6 Å². The largest absolute Gasteiger partial charge is 0.369 e. The van der Waals surface area contributed by atoms with Gasteiger partial charge in [-0.2, -0.15) is 0 Å². The highest BCUT2D eigenvalue weighted by atomic mass is 79.9. The van der Waals surface area contributed by atoms with Gasteiger partial charge in [-0.3, -0.25) is 0 Å². The molecule has 0 bridgehead atoms. The molecule has 0 saturated heterocycles. The smallest absolute Gasteiger partial charge is 0.148 e. The van der Waals surface area contributed by atoms with Crippen LogP contribution in [0, 0.1) is 5.41 Å². The highest BCUT2D eigenvalue weighted by Crippen LogP contribution is 2.33. The fraction of sp³-hybridized carbons (Fsp3) is 0.714. The Labute approximate surface area is 125 Å². The summed E-state index contributed by atoms with van der Waals surface area (Å²) in [5, 5.41) is 3.31. The number of anilines is 2. The summed E-state index contributed by atoms with van der Waals surface area (Å²) in [6.45, 7) is 12.0. The van der Waals surface area contributed by atoms with Gasteiger partial charge in [0.1, 0.15) is 22.4 Å². The molecule has 0 amide bonds. The van der Waals surface area contributed by atoms with Gasteiger partial charge in [-0.25, -0.2) is 9.97 Å². The van der Waals surface area contributed by atoms with Crippen molar-refractivity contribution in [2.24, 2.45) is 5.41 Å². The van der Waals surface area contributed by atoms with Crippen LogP contribution in [0.2, 0.25) is 0 Å². The number of aromatic nitrogens is 2. The van der Waals surface area contributed by atoms with Gasteiger partial charge in [0.15, 0.2) is 0 Å². The number of nitrogens with one attached hydrogen (secondary N) is 1. The van der Waals surface area contributed by atoms with E-state index in [1.807, 2.05) is 0 Å². The molecule has 4 nitrogen and oxygen atoms in total. The Morgan fingerprint density at radius 2 is 2.00 bits per heavy atom. The Bertz CT molecular complexity index is 414. The zero-order valence-corrected chi connectivity index (χ0v) is 14.4. The van der Waals surface area contributed by atoms with E-state index in [1.54, 1.807) is 6.33 Å². The van der Waals surface area contributed by atoms with Crippen molar-refractivity contribution in [2.45, 2.75) is 47.1 Å². The number of rotatable bonds is 5. The third-order valence-corrected chi connectivity index (χ3v) is 4.21. The lowest BCUT2D eigenvalue weighted by Crippen LogP contribution is -2.40. The maximum Gasteiger partial charge on any atom is 0.148 e. The fourth-order valence-electron chi connectivity index (χ4n) is 1.74. The zero-order chi connectivity index (χ0) is 14.6.